The maximum absolute atomic E-state index is 10.4. The third-order valence-electron chi connectivity index (χ3n) is 1.55. The third-order valence-corrected chi connectivity index (χ3v) is 1.73. The van der Waals surface area contributed by atoms with Gasteiger partial charge in [0.25, 0.3) is 0 Å². The van der Waals surface area contributed by atoms with E-state index in [4.69, 9.17) is 0 Å². The van der Waals surface area contributed by atoms with Crippen molar-refractivity contribution in [3.8, 4) is 0 Å². The van der Waals surface area contributed by atoms with Gasteiger partial charge >= 0.3 is 0 Å². The monoisotopic (exact) mass is 176 g/mol. The van der Waals surface area contributed by atoms with Crippen molar-refractivity contribution < 1.29 is 9.90 Å². The Kier molecular flexibility index (Phi) is 6.66. The van der Waals surface area contributed by atoms with Gasteiger partial charge in [-0.3, -0.25) is 4.79 Å². The molecule has 1 N–H and O–H groups in total. The van der Waals surface area contributed by atoms with E-state index in [0.29, 0.717) is 0 Å². The molecule has 0 rings (SSSR count). The first kappa shape index (κ1) is 11.0. The van der Waals surface area contributed by atoms with E-state index >= 15 is 0 Å². The number of hydrogen-bond acceptors (Lipinski definition) is 2. The zero-order chi connectivity index (χ0) is 8.69. The van der Waals surface area contributed by atoms with Gasteiger partial charge in [0.05, 0.1) is 6.10 Å². The molecule has 1 atom stereocenters. The molecule has 0 fully saturated rings. The minimum absolute atomic E-state index is 0.187. The smallest absolute Gasteiger partial charge is 0.188 e. The van der Waals surface area contributed by atoms with Gasteiger partial charge in [-0.05, 0) is 6.42 Å². The molecule has 0 aromatic heterocycles. The molecule has 11 heavy (non-hydrogen) atoms. The first-order chi connectivity index (χ1) is 5.16. The van der Waals surface area contributed by atoms with Crippen molar-refractivity contribution >= 4 is 17.7 Å². The summed E-state index contributed by atoms with van der Waals surface area (Å²) in [6, 6.07) is 0. The van der Waals surface area contributed by atoms with Crippen LogP contribution in [0.15, 0.2) is 0 Å². The van der Waals surface area contributed by atoms with Crippen LogP contribution in [0.3, 0.4) is 0 Å². The topological polar surface area (TPSA) is 37.3 Å². The number of carbonyl (C=O) groups excluding carboxylic acids is 1. The highest BCUT2D eigenvalue weighted by atomic mass is 32.1. The zero-order valence-corrected chi connectivity index (χ0v) is 7.81. The van der Waals surface area contributed by atoms with Gasteiger partial charge in [-0.25, -0.2) is 0 Å². The Bertz CT molecular complexity index is 115. The minimum Gasteiger partial charge on any atom is -0.393 e. The summed E-state index contributed by atoms with van der Waals surface area (Å²) in [6.45, 7) is 2.11. The molecule has 0 spiro atoms. The van der Waals surface area contributed by atoms with Crippen molar-refractivity contribution in [2.24, 2.45) is 0 Å². The molecular formula is C8H16O2S. The fourth-order valence-electron chi connectivity index (χ4n) is 0.934. The van der Waals surface area contributed by atoms with Gasteiger partial charge in [-0.1, -0.05) is 26.2 Å². The molecule has 0 bridgehead atoms. The van der Waals surface area contributed by atoms with E-state index in [2.05, 4.69) is 19.6 Å². The average Bonchev–Trinajstić information content (AvgIpc) is 1.86. The minimum atomic E-state index is -0.480. The molecule has 0 aliphatic heterocycles. The summed E-state index contributed by atoms with van der Waals surface area (Å²) in [5, 5.41) is 8.95. The lowest BCUT2D eigenvalue weighted by molar-refractivity contribution is -0.112. The van der Waals surface area contributed by atoms with Crippen LogP contribution < -0.4 is 0 Å². The van der Waals surface area contributed by atoms with Crippen LogP contribution in [0.25, 0.3) is 0 Å². The van der Waals surface area contributed by atoms with Gasteiger partial charge in [0.15, 0.2) is 5.12 Å². The molecule has 3 heteroatoms. The van der Waals surface area contributed by atoms with Crippen LogP contribution in [-0.2, 0) is 4.79 Å². The number of carbonyl (C=O) groups is 1. The fourth-order valence-corrected chi connectivity index (χ4v) is 1.14. The largest absolute Gasteiger partial charge is 0.393 e. The van der Waals surface area contributed by atoms with E-state index in [1.54, 1.807) is 0 Å². The summed E-state index contributed by atoms with van der Waals surface area (Å²) in [5.74, 6) is 0. The van der Waals surface area contributed by atoms with Crippen LogP contribution in [0.4, 0.5) is 0 Å². The Morgan fingerprint density at radius 1 is 1.55 bits per heavy atom. The summed E-state index contributed by atoms with van der Waals surface area (Å²) in [4.78, 5) is 10.4. The molecule has 0 saturated heterocycles. The lowest BCUT2D eigenvalue weighted by Gasteiger charge is -2.06. The van der Waals surface area contributed by atoms with Crippen LogP contribution in [0.1, 0.15) is 39.0 Å². The summed E-state index contributed by atoms with van der Waals surface area (Å²) in [6.07, 6.45) is 3.69. The molecule has 0 radical (unpaired) electrons. The average molecular weight is 176 g/mol. The first-order valence-corrected chi connectivity index (χ1v) is 4.51. The molecule has 0 amide bonds. The van der Waals surface area contributed by atoms with Crippen LogP contribution >= 0.6 is 12.6 Å². The molecule has 0 aliphatic carbocycles. The number of aliphatic hydroxyl groups is 1. The second-order valence-corrected chi connectivity index (χ2v) is 3.25. The molecule has 0 aromatic rings. The quantitative estimate of drug-likeness (QED) is 0.478. The van der Waals surface area contributed by atoms with Crippen LogP contribution in [0.2, 0.25) is 0 Å². The lowest BCUT2D eigenvalue weighted by atomic mass is 10.1. The van der Waals surface area contributed by atoms with Gasteiger partial charge < -0.3 is 5.11 Å². The predicted octanol–water partition coefficient (Wildman–Crippen LogP) is 1.77. The Morgan fingerprint density at radius 3 is 2.64 bits per heavy atom. The van der Waals surface area contributed by atoms with E-state index in [-0.39, 0.29) is 11.5 Å². The van der Waals surface area contributed by atoms with E-state index in [1.807, 2.05) is 0 Å². The van der Waals surface area contributed by atoms with Crippen molar-refractivity contribution in [3.05, 3.63) is 0 Å². The second-order valence-electron chi connectivity index (χ2n) is 2.75. The lowest BCUT2D eigenvalue weighted by Crippen LogP contribution is -2.09. The van der Waals surface area contributed by atoms with E-state index < -0.39 is 6.10 Å². The Hall–Kier alpha value is -0.0200. The van der Waals surface area contributed by atoms with E-state index in [0.717, 1.165) is 25.7 Å². The number of aliphatic hydroxyl groups excluding tert-OH is 1. The molecular weight excluding hydrogens is 160 g/mol. The van der Waals surface area contributed by atoms with E-state index in [9.17, 15) is 9.90 Å². The Morgan fingerprint density at radius 2 is 2.18 bits per heavy atom. The standard InChI is InChI=1S/C8H16O2S/c1-2-3-4-5-7(9)6-8(10)11/h7,9H,2-6H2,1H3,(H,10,11). The highest BCUT2D eigenvalue weighted by Gasteiger charge is 2.06. The maximum Gasteiger partial charge on any atom is 0.188 e. The van der Waals surface area contributed by atoms with Crippen molar-refractivity contribution in [2.45, 2.75) is 45.1 Å². The number of thiol groups is 1. The maximum atomic E-state index is 10.4. The molecule has 66 valence electrons. The predicted molar refractivity (Wildman–Crippen MR) is 48.8 cm³/mol. The highest BCUT2D eigenvalue weighted by molar-refractivity contribution is 7.96. The van der Waals surface area contributed by atoms with Gasteiger partial charge in [0.2, 0.25) is 0 Å². The summed E-state index contributed by atoms with van der Waals surface area (Å²) < 4.78 is 0. The molecule has 0 aliphatic rings. The normalized spacial score (nSPS) is 13.0. The summed E-state index contributed by atoms with van der Waals surface area (Å²) >= 11 is 3.58. The van der Waals surface area contributed by atoms with Crippen LogP contribution in [-0.4, -0.2) is 16.3 Å². The van der Waals surface area contributed by atoms with Crippen molar-refractivity contribution in [1.82, 2.24) is 0 Å². The highest BCUT2D eigenvalue weighted by Crippen LogP contribution is 2.07. The molecule has 2 nitrogen and oxygen atoms in total. The molecule has 1 unspecified atom stereocenters. The van der Waals surface area contributed by atoms with Gasteiger partial charge in [0, 0.05) is 6.42 Å². The van der Waals surface area contributed by atoms with Crippen molar-refractivity contribution in [3.63, 3.8) is 0 Å². The number of rotatable bonds is 6. The summed E-state index contributed by atoms with van der Waals surface area (Å²) in [7, 11) is 0. The van der Waals surface area contributed by atoms with E-state index in [1.165, 1.54) is 0 Å². The van der Waals surface area contributed by atoms with Crippen LogP contribution in [0, 0.1) is 0 Å². The fraction of sp³-hybridized carbons (Fsp3) is 0.875. The van der Waals surface area contributed by atoms with Gasteiger partial charge in [-0.2, -0.15) is 0 Å². The van der Waals surface area contributed by atoms with Gasteiger partial charge in [-0.15, -0.1) is 12.6 Å². The van der Waals surface area contributed by atoms with Gasteiger partial charge in [0.1, 0.15) is 0 Å². The molecule has 0 aromatic carbocycles. The zero-order valence-electron chi connectivity index (χ0n) is 6.92. The van der Waals surface area contributed by atoms with Crippen molar-refractivity contribution in [2.75, 3.05) is 0 Å². The Balaban J connectivity index is 3.22. The number of hydrogen-bond donors (Lipinski definition) is 2. The second kappa shape index (κ2) is 6.68. The summed E-state index contributed by atoms with van der Waals surface area (Å²) in [5.41, 5.74) is 0. The van der Waals surface area contributed by atoms with Crippen molar-refractivity contribution in [1.29, 1.82) is 0 Å². The van der Waals surface area contributed by atoms with Crippen LogP contribution in [0.5, 0.6) is 0 Å². The molecule has 0 saturated carbocycles. The Labute approximate surface area is 73.4 Å². The number of unbranched alkanes of at least 4 members (excludes halogenated alkanes) is 2. The SMILES string of the molecule is CCCCCC(O)CC(=O)S. The first-order valence-electron chi connectivity index (χ1n) is 4.06. The third kappa shape index (κ3) is 7.88. The molecule has 0 heterocycles.